The van der Waals surface area contributed by atoms with E-state index in [1.165, 1.54) is 0 Å². The SMILES string of the molecule is CCNC(=O)c1ccc(N)cc1NC(CC)CSC. The molecular weight excluding hydrogens is 258 g/mol. The predicted molar refractivity (Wildman–Crippen MR) is 84.9 cm³/mol. The summed E-state index contributed by atoms with van der Waals surface area (Å²) in [6.45, 7) is 4.65. The lowest BCUT2D eigenvalue weighted by Gasteiger charge is -2.20. The molecule has 1 amide bonds. The van der Waals surface area contributed by atoms with Crippen LogP contribution in [0.5, 0.6) is 0 Å². The number of nitrogens with two attached hydrogens (primary N) is 1. The van der Waals surface area contributed by atoms with E-state index in [4.69, 9.17) is 5.73 Å². The van der Waals surface area contributed by atoms with Crippen LogP contribution in [0.1, 0.15) is 30.6 Å². The topological polar surface area (TPSA) is 67.2 Å². The average Bonchev–Trinajstić information content (AvgIpc) is 2.38. The number of nitrogens with one attached hydrogen (secondary N) is 2. The maximum absolute atomic E-state index is 12.0. The molecule has 4 N–H and O–H groups in total. The molecule has 0 aliphatic heterocycles. The van der Waals surface area contributed by atoms with Crippen molar-refractivity contribution in [3.05, 3.63) is 23.8 Å². The molecule has 5 heteroatoms. The number of nitrogen functional groups attached to an aromatic ring is 1. The molecule has 0 aromatic heterocycles. The Morgan fingerprint density at radius 2 is 2.16 bits per heavy atom. The average molecular weight is 281 g/mol. The van der Waals surface area contributed by atoms with E-state index >= 15 is 0 Å². The van der Waals surface area contributed by atoms with E-state index in [9.17, 15) is 4.79 Å². The minimum Gasteiger partial charge on any atom is -0.399 e. The van der Waals surface area contributed by atoms with Crippen molar-refractivity contribution in [1.29, 1.82) is 0 Å². The van der Waals surface area contributed by atoms with Crippen LogP contribution in [-0.4, -0.2) is 30.5 Å². The number of benzene rings is 1. The summed E-state index contributed by atoms with van der Waals surface area (Å²) >= 11 is 1.79. The van der Waals surface area contributed by atoms with Gasteiger partial charge in [-0.15, -0.1) is 0 Å². The Kier molecular flexibility index (Phi) is 6.56. The molecule has 4 nitrogen and oxygen atoms in total. The Morgan fingerprint density at radius 3 is 2.74 bits per heavy atom. The van der Waals surface area contributed by atoms with Gasteiger partial charge in [-0.1, -0.05) is 6.92 Å². The number of hydrogen-bond acceptors (Lipinski definition) is 4. The van der Waals surface area contributed by atoms with Crippen LogP contribution in [0.3, 0.4) is 0 Å². The normalized spacial score (nSPS) is 11.9. The molecule has 0 saturated heterocycles. The van der Waals surface area contributed by atoms with E-state index in [0.717, 1.165) is 17.9 Å². The zero-order valence-electron chi connectivity index (χ0n) is 11.8. The van der Waals surface area contributed by atoms with Crippen LogP contribution in [0.4, 0.5) is 11.4 Å². The molecular formula is C14H23N3OS. The zero-order chi connectivity index (χ0) is 14.3. The lowest BCUT2D eigenvalue weighted by atomic mass is 10.1. The van der Waals surface area contributed by atoms with Crippen LogP contribution in [0, 0.1) is 0 Å². The molecule has 1 aromatic rings. The first-order valence-corrected chi connectivity index (χ1v) is 7.94. The minimum absolute atomic E-state index is 0.0657. The van der Waals surface area contributed by atoms with Crippen molar-refractivity contribution in [2.45, 2.75) is 26.3 Å². The van der Waals surface area contributed by atoms with Gasteiger partial charge in [0.25, 0.3) is 5.91 Å². The van der Waals surface area contributed by atoms with Crippen molar-refractivity contribution in [3.8, 4) is 0 Å². The van der Waals surface area contributed by atoms with Gasteiger partial charge in [0.05, 0.1) is 5.56 Å². The second-order valence-corrected chi connectivity index (χ2v) is 5.28. The second kappa shape index (κ2) is 7.94. The van der Waals surface area contributed by atoms with Gasteiger partial charge in [-0.25, -0.2) is 0 Å². The van der Waals surface area contributed by atoms with Crippen LogP contribution in [0.25, 0.3) is 0 Å². The quantitative estimate of drug-likeness (QED) is 0.672. The number of carbonyl (C=O) groups is 1. The van der Waals surface area contributed by atoms with Gasteiger partial charge in [0.15, 0.2) is 0 Å². The summed E-state index contributed by atoms with van der Waals surface area (Å²) in [4.78, 5) is 12.0. The molecule has 1 atom stereocenters. The number of carbonyl (C=O) groups excluding carboxylic acids is 1. The molecule has 0 heterocycles. The monoisotopic (exact) mass is 281 g/mol. The molecule has 1 rings (SSSR count). The van der Waals surface area contributed by atoms with Crippen LogP contribution in [0.15, 0.2) is 18.2 Å². The molecule has 0 aliphatic rings. The molecule has 106 valence electrons. The molecule has 0 radical (unpaired) electrons. The van der Waals surface area contributed by atoms with Gasteiger partial charge < -0.3 is 16.4 Å². The van der Waals surface area contributed by atoms with Crippen molar-refractivity contribution in [2.24, 2.45) is 0 Å². The van der Waals surface area contributed by atoms with Gasteiger partial charge in [0.2, 0.25) is 0 Å². The molecule has 0 aliphatic carbocycles. The number of thioether (sulfide) groups is 1. The van der Waals surface area contributed by atoms with Gasteiger partial charge in [-0.2, -0.15) is 11.8 Å². The summed E-state index contributed by atoms with van der Waals surface area (Å²) in [5, 5.41) is 6.24. The van der Waals surface area contributed by atoms with E-state index in [1.807, 2.05) is 13.0 Å². The van der Waals surface area contributed by atoms with Crippen LogP contribution in [-0.2, 0) is 0 Å². The fourth-order valence-electron chi connectivity index (χ4n) is 1.82. The molecule has 0 spiro atoms. The Balaban J connectivity index is 2.96. The van der Waals surface area contributed by atoms with Crippen LogP contribution < -0.4 is 16.4 Å². The van der Waals surface area contributed by atoms with E-state index in [2.05, 4.69) is 23.8 Å². The second-order valence-electron chi connectivity index (χ2n) is 4.37. The highest BCUT2D eigenvalue weighted by Crippen LogP contribution is 2.21. The largest absolute Gasteiger partial charge is 0.399 e. The third-order valence-electron chi connectivity index (χ3n) is 2.85. The standard InChI is InChI=1S/C14H23N3OS/c1-4-11(9-19-3)17-13-8-10(15)6-7-12(13)14(18)16-5-2/h6-8,11,17H,4-5,9,15H2,1-3H3,(H,16,18). The summed E-state index contributed by atoms with van der Waals surface area (Å²) in [7, 11) is 0. The summed E-state index contributed by atoms with van der Waals surface area (Å²) in [5.41, 5.74) is 7.94. The van der Waals surface area contributed by atoms with E-state index < -0.39 is 0 Å². The van der Waals surface area contributed by atoms with Crippen molar-refractivity contribution in [1.82, 2.24) is 5.32 Å². The van der Waals surface area contributed by atoms with E-state index in [1.54, 1.807) is 23.9 Å². The maximum atomic E-state index is 12.0. The fraction of sp³-hybridized carbons (Fsp3) is 0.500. The molecule has 0 bridgehead atoms. The van der Waals surface area contributed by atoms with Crippen LogP contribution in [0.2, 0.25) is 0 Å². The van der Waals surface area contributed by atoms with E-state index in [-0.39, 0.29) is 5.91 Å². The van der Waals surface area contributed by atoms with Gasteiger partial charge >= 0.3 is 0 Å². The summed E-state index contributed by atoms with van der Waals surface area (Å²) < 4.78 is 0. The van der Waals surface area contributed by atoms with Gasteiger partial charge in [-0.3, -0.25) is 4.79 Å². The van der Waals surface area contributed by atoms with Gasteiger partial charge in [0.1, 0.15) is 0 Å². The number of amides is 1. The maximum Gasteiger partial charge on any atom is 0.253 e. The third-order valence-corrected chi connectivity index (χ3v) is 3.58. The van der Waals surface area contributed by atoms with Crippen LogP contribution >= 0.6 is 11.8 Å². The van der Waals surface area contributed by atoms with Gasteiger partial charge in [-0.05, 0) is 37.8 Å². The lowest BCUT2D eigenvalue weighted by molar-refractivity contribution is 0.0956. The van der Waals surface area contributed by atoms with Crippen molar-refractivity contribution >= 4 is 29.0 Å². The molecule has 1 unspecified atom stereocenters. The highest BCUT2D eigenvalue weighted by Gasteiger charge is 2.13. The third kappa shape index (κ3) is 4.67. The first-order chi connectivity index (χ1) is 9.12. The molecule has 19 heavy (non-hydrogen) atoms. The Bertz CT molecular complexity index is 423. The Labute approximate surface area is 119 Å². The highest BCUT2D eigenvalue weighted by atomic mass is 32.2. The smallest absolute Gasteiger partial charge is 0.253 e. The first kappa shape index (κ1) is 15.7. The highest BCUT2D eigenvalue weighted by molar-refractivity contribution is 7.98. The van der Waals surface area contributed by atoms with Crippen molar-refractivity contribution in [2.75, 3.05) is 29.6 Å². The molecule has 0 fully saturated rings. The Hall–Kier alpha value is -1.36. The predicted octanol–water partition coefficient (Wildman–Crippen LogP) is 2.57. The lowest BCUT2D eigenvalue weighted by Crippen LogP contribution is -2.27. The van der Waals surface area contributed by atoms with Crippen molar-refractivity contribution < 1.29 is 4.79 Å². The molecule has 1 aromatic carbocycles. The van der Waals surface area contributed by atoms with Gasteiger partial charge in [0, 0.05) is 29.7 Å². The zero-order valence-corrected chi connectivity index (χ0v) is 12.6. The summed E-state index contributed by atoms with van der Waals surface area (Å²) in [6.07, 6.45) is 3.08. The minimum atomic E-state index is -0.0657. The number of anilines is 2. The number of rotatable bonds is 7. The van der Waals surface area contributed by atoms with Crippen molar-refractivity contribution in [3.63, 3.8) is 0 Å². The summed E-state index contributed by atoms with van der Waals surface area (Å²) in [6, 6.07) is 5.69. The number of hydrogen-bond donors (Lipinski definition) is 3. The fourth-order valence-corrected chi connectivity index (χ4v) is 2.54. The Morgan fingerprint density at radius 1 is 1.42 bits per heavy atom. The summed E-state index contributed by atoms with van der Waals surface area (Å²) in [5.74, 6) is 0.934. The van der Waals surface area contributed by atoms with E-state index in [0.29, 0.717) is 23.8 Å². The molecule has 0 saturated carbocycles. The first-order valence-electron chi connectivity index (χ1n) is 6.55.